The number of nitrogens with one attached hydrogen (secondary N) is 1. The zero-order valence-electron chi connectivity index (χ0n) is 12.4. The molecule has 1 amide bonds. The predicted octanol–water partition coefficient (Wildman–Crippen LogP) is 2.09. The first-order valence-electron chi connectivity index (χ1n) is 6.60. The normalized spacial score (nSPS) is 12.1. The minimum Gasteiger partial charge on any atom is -0.465 e. The van der Waals surface area contributed by atoms with Crippen LogP contribution in [0.15, 0.2) is 18.2 Å². The van der Waals surface area contributed by atoms with Crippen molar-refractivity contribution in [3.05, 3.63) is 29.3 Å². The van der Waals surface area contributed by atoms with E-state index in [1.54, 1.807) is 18.2 Å². The number of carbonyl (C=O) groups excluding carboxylic acids is 2. The molecule has 0 radical (unpaired) electrons. The summed E-state index contributed by atoms with van der Waals surface area (Å²) in [5.74, 6) is -0.339. The van der Waals surface area contributed by atoms with Crippen LogP contribution in [0, 0.1) is 12.8 Å². The quantitative estimate of drug-likeness (QED) is 0.808. The van der Waals surface area contributed by atoms with Gasteiger partial charge >= 0.3 is 5.97 Å². The number of rotatable bonds is 5. The Morgan fingerprint density at radius 2 is 2.00 bits per heavy atom. The van der Waals surface area contributed by atoms with Crippen molar-refractivity contribution in [2.75, 3.05) is 12.4 Å². The summed E-state index contributed by atoms with van der Waals surface area (Å²) >= 11 is 0. The molecule has 5 nitrogen and oxygen atoms in total. The van der Waals surface area contributed by atoms with Crippen LogP contribution in [-0.2, 0) is 9.53 Å². The van der Waals surface area contributed by atoms with Crippen molar-refractivity contribution in [1.29, 1.82) is 0 Å². The number of aryl methyl sites for hydroxylation is 1. The van der Waals surface area contributed by atoms with Gasteiger partial charge in [-0.15, -0.1) is 0 Å². The summed E-state index contributed by atoms with van der Waals surface area (Å²) in [7, 11) is 1.32. The van der Waals surface area contributed by atoms with E-state index < -0.39 is 12.0 Å². The maximum absolute atomic E-state index is 12.0. The van der Waals surface area contributed by atoms with Crippen molar-refractivity contribution in [3.8, 4) is 0 Å². The van der Waals surface area contributed by atoms with Gasteiger partial charge in [-0.2, -0.15) is 0 Å². The fraction of sp³-hybridized carbons (Fsp3) is 0.467. The number of methoxy groups -OCH3 is 1. The molecular formula is C15H22N2O3. The Morgan fingerprint density at radius 3 is 2.55 bits per heavy atom. The Morgan fingerprint density at radius 1 is 1.35 bits per heavy atom. The zero-order chi connectivity index (χ0) is 15.3. The van der Waals surface area contributed by atoms with Crippen molar-refractivity contribution in [3.63, 3.8) is 0 Å². The largest absolute Gasteiger partial charge is 0.465 e. The number of esters is 1. The minimum absolute atomic E-state index is 0.246. The highest BCUT2D eigenvalue weighted by Crippen LogP contribution is 2.18. The lowest BCUT2D eigenvalue weighted by molar-refractivity contribution is -0.117. The van der Waals surface area contributed by atoms with E-state index >= 15 is 0 Å². The van der Waals surface area contributed by atoms with Crippen LogP contribution in [0.5, 0.6) is 0 Å². The molecule has 0 saturated heterocycles. The summed E-state index contributed by atoms with van der Waals surface area (Å²) in [4.78, 5) is 23.5. The fourth-order valence-electron chi connectivity index (χ4n) is 1.84. The summed E-state index contributed by atoms with van der Waals surface area (Å²) in [6, 6.07) is 4.46. The summed E-state index contributed by atoms with van der Waals surface area (Å²) in [6.07, 6.45) is 0.613. The Kier molecular flexibility index (Phi) is 5.70. The number of nitrogens with two attached hydrogens (primary N) is 1. The van der Waals surface area contributed by atoms with E-state index in [-0.39, 0.29) is 5.91 Å². The minimum atomic E-state index is -0.559. The average molecular weight is 278 g/mol. The van der Waals surface area contributed by atoms with E-state index in [2.05, 4.69) is 10.1 Å². The van der Waals surface area contributed by atoms with E-state index in [0.29, 0.717) is 23.6 Å². The lowest BCUT2D eigenvalue weighted by Crippen LogP contribution is -2.36. The summed E-state index contributed by atoms with van der Waals surface area (Å²) in [5, 5.41) is 2.76. The number of amides is 1. The van der Waals surface area contributed by atoms with Gasteiger partial charge in [0, 0.05) is 5.69 Å². The Bertz CT molecular complexity index is 498. The van der Waals surface area contributed by atoms with E-state index in [4.69, 9.17) is 5.73 Å². The van der Waals surface area contributed by atoms with Crippen molar-refractivity contribution in [2.24, 2.45) is 11.7 Å². The molecule has 20 heavy (non-hydrogen) atoms. The monoisotopic (exact) mass is 278 g/mol. The van der Waals surface area contributed by atoms with E-state index in [9.17, 15) is 9.59 Å². The van der Waals surface area contributed by atoms with Gasteiger partial charge in [0.15, 0.2) is 0 Å². The number of ether oxygens (including phenoxy) is 1. The first-order valence-corrected chi connectivity index (χ1v) is 6.60. The summed E-state index contributed by atoms with van der Waals surface area (Å²) < 4.78 is 4.66. The maximum atomic E-state index is 12.0. The number of benzene rings is 1. The maximum Gasteiger partial charge on any atom is 0.337 e. The van der Waals surface area contributed by atoms with Gasteiger partial charge in [0.1, 0.15) is 0 Å². The first kappa shape index (κ1) is 16.2. The average Bonchev–Trinajstić information content (AvgIpc) is 2.39. The molecule has 110 valence electrons. The van der Waals surface area contributed by atoms with Gasteiger partial charge < -0.3 is 15.8 Å². The van der Waals surface area contributed by atoms with E-state index in [1.165, 1.54) is 7.11 Å². The van der Waals surface area contributed by atoms with Gasteiger partial charge in [-0.25, -0.2) is 4.79 Å². The third kappa shape index (κ3) is 4.35. The highest BCUT2D eigenvalue weighted by atomic mass is 16.5. The summed E-state index contributed by atoms with van der Waals surface area (Å²) in [6.45, 7) is 5.87. The highest BCUT2D eigenvalue weighted by molar-refractivity contribution is 5.97. The number of anilines is 1. The van der Waals surface area contributed by atoms with Crippen LogP contribution in [0.3, 0.4) is 0 Å². The number of carbonyl (C=O) groups is 2. The molecule has 3 N–H and O–H groups in total. The molecule has 1 aromatic carbocycles. The van der Waals surface area contributed by atoms with Crippen LogP contribution in [0.1, 0.15) is 36.2 Å². The molecule has 1 rings (SSSR count). The molecule has 0 aliphatic rings. The molecule has 0 saturated carbocycles. The third-order valence-electron chi connectivity index (χ3n) is 2.98. The van der Waals surface area contributed by atoms with Crippen molar-refractivity contribution < 1.29 is 14.3 Å². The van der Waals surface area contributed by atoms with E-state index in [0.717, 1.165) is 5.56 Å². The molecule has 1 unspecified atom stereocenters. The van der Waals surface area contributed by atoms with Gasteiger partial charge in [-0.1, -0.05) is 19.9 Å². The highest BCUT2D eigenvalue weighted by Gasteiger charge is 2.16. The molecule has 1 aromatic rings. The van der Waals surface area contributed by atoms with Gasteiger partial charge in [0.2, 0.25) is 5.91 Å². The topological polar surface area (TPSA) is 81.4 Å². The molecule has 0 bridgehead atoms. The van der Waals surface area contributed by atoms with Crippen LogP contribution >= 0.6 is 0 Å². The molecule has 0 spiro atoms. The lowest BCUT2D eigenvalue weighted by atomic mass is 10.0. The zero-order valence-corrected chi connectivity index (χ0v) is 12.4. The Labute approximate surface area is 119 Å². The molecule has 0 aromatic heterocycles. The lowest BCUT2D eigenvalue weighted by Gasteiger charge is -2.15. The van der Waals surface area contributed by atoms with Gasteiger partial charge in [0.25, 0.3) is 0 Å². The van der Waals surface area contributed by atoms with Crippen molar-refractivity contribution in [1.82, 2.24) is 0 Å². The molecule has 0 fully saturated rings. The molecular weight excluding hydrogens is 256 g/mol. The van der Waals surface area contributed by atoms with Gasteiger partial charge in [-0.3, -0.25) is 4.79 Å². The Hall–Kier alpha value is -1.88. The Balaban J connectivity index is 2.86. The molecule has 0 aliphatic carbocycles. The van der Waals surface area contributed by atoms with Crippen LogP contribution in [-0.4, -0.2) is 25.0 Å². The van der Waals surface area contributed by atoms with Crippen molar-refractivity contribution >= 4 is 17.6 Å². The smallest absolute Gasteiger partial charge is 0.337 e. The van der Waals surface area contributed by atoms with E-state index in [1.807, 2.05) is 20.8 Å². The predicted molar refractivity (Wildman–Crippen MR) is 78.6 cm³/mol. The third-order valence-corrected chi connectivity index (χ3v) is 2.98. The second-order valence-corrected chi connectivity index (χ2v) is 5.25. The molecule has 0 aliphatic heterocycles. The molecule has 5 heteroatoms. The fourth-order valence-corrected chi connectivity index (χ4v) is 1.84. The second kappa shape index (κ2) is 7.05. The van der Waals surface area contributed by atoms with Crippen LogP contribution in [0.4, 0.5) is 5.69 Å². The standard InChI is InChI=1S/C15H22N2O3/c1-9(2)7-12(16)14(18)17-13-8-11(15(19)20-4)6-5-10(13)3/h5-6,8-9,12H,7,16H2,1-4H3,(H,17,18). The van der Waals surface area contributed by atoms with Crippen LogP contribution < -0.4 is 11.1 Å². The number of hydrogen-bond acceptors (Lipinski definition) is 4. The molecule has 0 heterocycles. The SMILES string of the molecule is COC(=O)c1ccc(C)c(NC(=O)C(N)CC(C)C)c1. The van der Waals surface area contributed by atoms with Crippen LogP contribution in [0.2, 0.25) is 0 Å². The number of hydrogen-bond donors (Lipinski definition) is 2. The van der Waals surface area contributed by atoms with Gasteiger partial charge in [0.05, 0.1) is 18.7 Å². The molecule has 1 atom stereocenters. The second-order valence-electron chi connectivity index (χ2n) is 5.25. The van der Waals surface area contributed by atoms with Crippen LogP contribution in [0.25, 0.3) is 0 Å². The van der Waals surface area contributed by atoms with Crippen molar-refractivity contribution in [2.45, 2.75) is 33.2 Å². The van der Waals surface area contributed by atoms with Gasteiger partial charge in [-0.05, 0) is 37.0 Å². The first-order chi connectivity index (χ1) is 9.35. The summed E-state index contributed by atoms with van der Waals surface area (Å²) in [5.41, 5.74) is 7.68.